The molecule has 0 radical (unpaired) electrons. The van der Waals surface area contributed by atoms with Gasteiger partial charge in [-0.1, -0.05) is 11.6 Å². The number of hydrogen-bond acceptors (Lipinski definition) is 6. The van der Waals surface area contributed by atoms with Crippen molar-refractivity contribution in [3.63, 3.8) is 0 Å². The molecule has 1 saturated heterocycles. The third-order valence-corrected chi connectivity index (χ3v) is 4.89. The van der Waals surface area contributed by atoms with Crippen LogP contribution in [0.2, 0.25) is 5.02 Å². The molecule has 9 heteroatoms. The van der Waals surface area contributed by atoms with Crippen LogP contribution in [0.15, 0.2) is 35.1 Å². The van der Waals surface area contributed by atoms with Gasteiger partial charge < -0.3 is 19.9 Å². The molecule has 1 aliphatic heterocycles. The minimum absolute atomic E-state index is 0.153. The second-order valence-corrected chi connectivity index (χ2v) is 7.12. The summed E-state index contributed by atoms with van der Waals surface area (Å²) >= 11 is 6.16. The van der Waals surface area contributed by atoms with Gasteiger partial charge in [-0.2, -0.15) is 5.10 Å². The summed E-state index contributed by atoms with van der Waals surface area (Å²) in [5.74, 6) is -0.399. The molecule has 28 heavy (non-hydrogen) atoms. The van der Waals surface area contributed by atoms with Crippen LogP contribution in [0.3, 0.4) is 0 Å². The van der Waals surface area contributed by atoms with E-state index in [1.807, 2.05) is 12.1 Å². The average molecular weight is 406 g/mol. The Morgan fingerprint density at radius 3 is 2.68 bits per heavy atom. The van der Waals surface area contributed by atoms with Gasteiger partial charge in [-0.25, -0.2) is 4.68 Å². The van der Waals surface area contributed by atoms with Crippen molar-refractivity contribution in [2.24, 2.45) is 0 Å². The van der Waals surface area contributed by atoms with Crippen molar-refractivity contribution in [1.82, 2.24) is 14.7 Å². The van der Waals surface area contributed by atoms with Crippen LogP contribution >= 0.6 is 11.6 Å². The van der Waals surface area contributed by atoms with Crippen molar-refractivity contribution in [2.75, 3.05) is 57.2 Å². The van der Waals surface area contributed by atoms with Gasteiger partial charge in [0.1, 0.15) is 5.69 Å². The molecule has 0 saturated carbocycles. The molecule has 1 N–H and O–H groups in total. The molecular formula is C19H24ClN5O3. The van der Waals surface area contributed by atoms with E-state index in [0.29, 0.717) is 17.3 Å². The molecule has 0 spiro atoms. The molecule has 0 atom stereocenters. The smallest absolute Gasteiger partial charge is 0.276 e. The van der Waals surface area contributed by atoms with Crippen LogP contribution in [0.5, 0.6) is 0 Å². The SMILES string of the molecule is COCCn1nc(C(=O)Nc2cc(Cl)ccc2N2CCN(C)CC2)ccc1=O. The number of amides is 1. The molecular weight excluding hydrogens is 382 g/mol. The lowest BCUT2D eigenvalue weighted by molar-refractivity contribution is 0.101. The fourth-order valence-corrected chi connectivity index (χ4v) is 3.20. The lowest BCUT2D eigenvalue weighted by Gasteiger charge is -2.35. The second kappa shape index (κ2) is 9.18. The van der Waals surface area contributed by atoms with E-state index in [1.54, 1.807) is 13.2 Å². The van der Waals surface area contributed by atoms with Gasteiger partial charge >= 0.3 is 0 Å². The molecule has 0 aliphatic carbocycles. The zero-order valence-electron chi connectivity index (χ0n) is 16.0. The zero-order valence-corrected chi connectivity index (χ0v) is 16.8. The predicted molar refractivity (Wildman–Crippen MR) is 109 cm³/mol. The quantitative estimate of drug-likeness (QED) is 0.785. The summed E-state index contributed by atoms with van der Waals surface area (Å²) < 4.78 is 6.20. The van der Waals surface area contributed by atoms with E-state index in [1.165, 1.54) is 16.8 Å². The summed E-state index contributed by atoms with van der Waals surface area (Å²) in [7, 11) is 3.63. The number of likely N-dealkylation sites (N-methyl/N-ethyl adjacent to an activating group) is 1. The number of ether oxygens (including phenoxy) is 1. The Hall–Kier alpha value is -2.42. The van der Waals surface area contributed by atoms with Crippen molar-refractivity contribution in [2.45, 2.75) is 6.54 Å². The molecule has 2 aromatic rings. The summed E-state index contributed by atoms with van der Waals surface area (Å²) in [4.78, 5) is 29.1. The van der Waals surface area contributed by atoms with Gasteiger partial charge in [-0.15, -0.1) is 0 Å². The van der Waals surface area contributed by atoms with Crippen molar-refractivity contribution in [3.8, 4) is 0 Å². The number of hydrogen-bond donors (Lipinski definition) is 1. The molecule has 1 fully saturated rings. The van der Waals surface area contributed by atoms with Gasteiger partial charge in [0.05, 0.1) is 24.5 Å². The number of nitrogens with one attached hydrogen (secondary N) is 1. The van der Waals surface area contributed by atoms with E-state index in [0.717, 1.165) is 31.9 Å². The summed E-state index contributed by atoms with van der Waals surface area (Å²) in [6.45, 7) is 4.23. The van der Waals surface area contributed by atoms with Gasteiger partial charge in [-0.3, -0.25) is 9.59 Å². The highest BCUT2D eigenvalue weighted by atomic mass is 35.5. The van der Waals surface area contributed by atoms with E-state index in [2.05, 4.69) is 27.3 Å². The number of carbonyl (C=O) groups is 1. The normalized spacial score (nSPS) is 14.9. The van der Waals surface area contributed by atoms with Gasteiger partial charge in [0.15, 0.2) is 0 Å². The van der Waals surface area contributed by atoms with Gasteiger partial charge in [0.25, 0.3) is 11.5 Å². The molecule has 2 heterocycles. The number of methoxy groups -OCH3 is 1. The Morgan fingerprint density at radius 1 is 1.21 bits per heavy atom. The number of carbonyl (C=O) groups excluding carboxylic acids is 1. The number of rotatable bonds is 6. The minimum Gasteiger partial charge on any atom is -0.383 e. The fraction of sp³-hybridized carbons (Fsp3) is 0.421. The second-order valence-electron chi connectivity index (χ2n) is 6.68. The number of aromatic nitrogens is 2. The lowest BCUT2D eigenvalue weighted by atomic mass is 10.2. The average Bonchev–Trinajstić information content (AvgIpc) is 2.68. The molecule has 150 valence electrons. The molecule has 0 unspecified atom stereocenters. The first-order valence-corrected chi connectivity index (χ1v) is 9.47. The number of nitrogens with zero attached hydrogens (tertiary/aromatic N) is 4. The number of anilines is 2. The van der Waals surface area contributed by atoms with Crippen molar-refractivity contribution in [1.29, 1.82) is 0 Å². The third kappa shape index (κ3) is 4.89. The fourth-order valence-electron chi connectivity index (χ4n) is 3.03. The first kappa shape index (κ1) is 20.3. The van der Waals surface area contributed by atoms with E-state index in [9.17, 15) is 9.59 Å². The van der Waals surface area contributed by atoms with Crippen molar-refractivity contribution >= 4 is 28.9 Å². The van der Waals surface area contributed by atoms with E-state index >= 15 is 0 Å². The third-order valence-electron chi connectivity index (χ3n) is 4.66. The molecule has 8 nitrogen and oxygen atoms in total. The topological polar surface area (TPSA) is 79.7 Å². The Balaban J connectivity index is 1.82. The van der Waals surface area contributed by atoms with Crippen LogP contribution in [0, 0.1) is 0 Å². The number of halogens is 1. The van der Waals surface area contributed by atoms with Crippen LogP contribution in [-0.2, 0) is 11.3 Å². The van der Waals surface area contributed by atoms with Gasteiger partial charge in [-0.05, 0) is 31.3 Å². The summed E-state index contributed by atoms with van der Waals surface area (Å²) in [5, 5.41) is 7.56. The first-order chi connectivity index (χ1) is 13.5. The number of benzene rings is 1. The minimum atomic E-state index is -0.399. The maximum atomic E-state index is 12.8. The van der Waals surface area contributed by atoms with Crippen LogP contribution in [0.1, 0.15) is 10.5 Å². The van der Waals surface area contributed by atoms with Gasteiger partial charge in [0, 0.05) is 44.4 Å². The Bertz CT molecular complexity index is 893. The zero-order chi connectivity index (χ0) is 20.1. The molecule has 1 amide bonds. The molecule has 3 rings (SSSR count). The monoisotopic (exact) mass is 405 g/mol. The summed E-state index contributed by atoms with van der Waals surface area (Å²) in [5.41, 5.74) is 1.41. The maximum Gasteiger partial charge on any atom is 0.276 e. The summed E-state index contributed by atoms with van der Waals surface area (Å²) in [6.07, 6.45) is 0. The van der Waals surface area contributed by atoms with E-state index in [-0.39, 0.29) is 17.8 Å². The van der Waals surface area contributed by atoms with Crippen LogP contribution in [-0.4, -0.2) is 67.5 Å². The Labute approximate surface area is 168 Å². The summed E-state index contributed by atoms with van der Waals surface area (Å²) in [6, 6.07) is 8.20. The Morgan fingerprint density at radius 2 is 1.96 bits per heavy atom. The molecule has 0 bridgehead atoms. The van der Waals surface area contributed by atoms with Crippen LogP contribution in [0.4, 0.5) is 11.4 Å². The lowest BCUT2D eigenvalue weighted by Crippen LogP contribution is -2.44. The highest BCUT2D eigenvalue weighted by Crippen LogP contribution is 2.30. The molecule has 1 aliphatic rings. The van der Waals surface area contributed by atoms with Crippen molar-refractivity contribution < 1.29 is 9.53 Å². The highest BCUT2D eigenvalue weighted by Gasteiger charge is 2.19. The Kier molecular flexibility index (Phi) is 6.66. The van der Waals surface area contributed by atoms with E-state index < -0.39 is 5.91 Å². The number of piperazine rings is 1. The van der Waals surface area contributed by atoms with Crippen LogP contribution < -0.4 is 15.8 Å². The molecule has 1 aromatic heterocycles. The largest absolute Gasteiger partial charge is 0.383 e. The van der Waals surface area contributed by atoms with E-state index in [4.69, 9.17) is 16.3 Å². The standard InChI is InChI=1S/C19H24ClN5O3/c1-23-7-9-24(10-8-23)17-5-3-14(20)13-16(17)21-19(27)15-4-6-18(26)25(22-15)11-12-28-2/h3-6,13H,7-12H2,1-2H3,(H,21,27). The van der Waals surface area contributed by atoms with Crippen molar-refractivity contribution in [3.05, 3.63) is 51.4 Å². The predicted octanol–water partition coefficient (Wildman–Crippen LogP) is 1.55. The first-order valence-electron chi connectivity index (χ1n) is 9.09. The molecule has 1 aromatic carbocycles. The maximum absolute atomic E-state index is 12.8. The van der Waals surface area contributed by atoms with Crippen LogP contribution in [0.25, 0.3) is 0 Å². The van der Waals surface area contributed by atoms with Gasteiger partial charge in [0.2, 0.25) is 0 Å². The highest BCUT2D eigenvalue weighted by molar-refractivity contribution is 6.31.